The van der Waals surface area contributed by atoms with Crippen molar-refractivity contribution in [2.45, 2.75) is 20.8 Å². The van der Waals surface area contributed by atoms with E-state index in [0.29, 0.717) is 5.69 Å². The second kappa shape index (κ2) is 7.11. The number of nitrogens with one attached hydrogen (secondary N) is 2. The number of aryl methyl sites for hydroxylation is 1. The minimum atomic E-state index is -0.381. The van der Waals surface area contributed by atoms with E-state index in [-0.39, 0.29) is 12.0 Å². The molecule has 5 heteroatoms. The molecule has 0 spiro atoms. The molecule has 0 aliphatic rings. The fourth-order valence-corrected chi connectivity index (χ4v) is 1.19. The molecule has 2 aromatic rings. The summed E-state index contributed by atoms with van der Waals surface area (Å²) in [7, 11) is 0. The second-order valence-electron chi connectivity index (χ2n) is 3.24. The standard InChI is InChI=1S/C11H11N3O2.C2H6/c1-8-7-16-11(12-8)14-10(15)13-9-5-3-2-4-6-9;1-2/h2-7H,1H3,(H2,12,13,14,15);1-2H3. The first-order valence-corrected chi connectivity index (χ1v) is 5.79. The van der Waals surface area contributed by atoms with Gasteiger partial charge in [-0.15, -0.1) is 0 Å². The van der Waals surface area contributed by atoms with Crippen LogP contribution in [0, 0.1) is 6.92 Å². The van der Waals surface area contributed by atoms with Crippen molar-refractivity contribution in [3.8, 4) is 0 Å². The lowest BCUT2D eigenvalue weighted by atomic mass is 10.3. The van der Waals surface area contributed by atoms with E-state index < -0.39 is 0 Å². The minimum Gasteiger partial charge on any atom is -0.432 e. The minimum absolute atomic E-state index is 0.186. The molecule has 0 saturated heterocycles. The molecule has 0 fully saturated rings. The first-order valence-electron chi connectivity index (χ1n) is 5.79. The molecule has 0 unspecified atom stereocenters. The van der Waals surface area contributed by atoms with Gasteiger partial charge in [-0.25, -0.2) is 4.79 Å². The molecule has 18 heavy (non-hydrogen) atoms. The number of urea groups is 1. The van der Waals surface area contributed by atoms with Gasteiger partial charge in [0.1, 0.15) is 6.26 Å². The number of carbonyl (C=O) groups excluding carboxylic acids is 1. The molecule has 1 aromatic heterocycles. The number of hydrogen-bond acceptors (Lipinski definition) is 3. The number of benzene rings is 1. The van der Waals surface area contributed by atoms with Gasteiger partial charge in [0.2, 0.25) is 0 Å². The van der Waals surface area contributed by atoms with E-state index in [2.05, 4.69) is 15.6 Å². The molecule has 2 N–H and O–H groups in total. The van der Waals surface area contributed by atoms with E-state index in [0.717, 1.165) is 5.69 Å². The number of para-hydroxylation sites is 1. The van der Waals surface area contributed by atoms with Crippen LogP contribution < -0.4 is 10.6 Å². The van der Waals surface area contributed by atoms with Crippen molar-refractivity contribution in [1.82, 2.24) is 4.98 Å². The quantitative estimate of drug-likeness (QED) is 0.851. The van der Waals surface area contributed by atoms with Crippen LogP contribution in [0.1, 0.15) is 19.5 Å². The highest BCUT2D eigenvalue weighted by Crippen LogP contribution is 2.08. The molecule has 0 atom stereocenters. The van der Waals surface area contributed by atoms with Crippen molar-refractivity contribution in [2.24, 2.45) is 0 Å². The first kappa shape index (κ1) is 13.8. The highest BCUT2D eigenvalue weighted by Gasteiger charge is 2.05. The maximum atomic E-state index is 11.5. The van der Waals surface area contributed by atoms with Gasteiger partial charge < -0.3 is 9.73 Å². The summed E-state index contributed by atoms with van der Waals surface area (Å²) in [6, 6.07) is 8.94. The van der Waals surface area contributed by atoms with E-state index in [1.165, 1.54) is 6.26 Å². The SMILES string of the molecule is CC.Cc1coc(NC(=O)Nc2ccccc2)n1. The number of anilines is 2. The van der Waals surface area contributed by atoms with Crippen molar-refractivity contribution in [3.63, 3.8) is 0 Å². The number of amides is 2. The average molecular weight is 247 g/mol. The number of hydrogen-bond donors (Lipinski definition) is 2. The van der Waals surface area contributed by atoms with Crippen molar-refractivity contribution >= 4 is 17.7 Å². The molecule has 2 rings (SSSR count). The molecule has 2 amide bonds. The number of rotatable bonds is 2. The molecule has 1 aromatic carbocycles. The summed E-state index contributed by atoms with van der Waals surface area (Å²) in [5, 5.41) is 5.13. The first-order chi connectivity index (χ1) is 8.74. The molecule has 0 saturated carbocycles. The molecular formula is C13H17N3O2. The third kappa shape index (κ3) is 4.29. The van der Waals surface area contributed by atoms with E-state index in [1.54, 1.807) is 19.1 Å². The third-order valence-corrected chi connectivity index (χ3v) is 1.87. The van der Waals surface area contributed by atoms with E-state index in [1.807, 2.05) is 32.0 Å². The fourth-order valence-electron chi connectivity index (χ4n) is 1.19. The Labute approximate surface area is 106 Å². The molecule has 5 nitrogen and oxygen atoms in total. The van der Waals surface area contributed by atoms with Gasteiger partial charge in [-0.3, -0.25) is 5.32 Å². The van der Waals surface area contributed by atoms with Crippen LogP contribution in [0.4, 0.5) is 16.5 Å². The maximum Gasteiger partial charge on any atom is 0.327 e. The Hall–Kier alpha value is -2.30. The molecule has 0 aliphatic carbocycles. The summed E-state index contributed by atoms with van der Waals surface area (Å²) in [6.45, 7) is 5.78. The Kier molecular flexibility index (Phi) is 5.44. The smallest absolute Gasteiger partial charge is 0.327 e. The lowest BCUT2D eigenvalue weighted by molar-refractivity contribution is 0.261. The normalized spacial score (nSPS) is 9.06. The van der Waals surface area contributed by atoms with Gasteiger partial charge >= 0.3 is 12.0 Å². The van der Waals surface area contributed by atoms with Crippen LogP contribution in [0.15, 0.2) is 41.0 Å². The highest BCUT2D eigenvalue weighted by atomic mass is 16.4. The second-order valence-corrected chi connectivity index (χ2v) is 3.24. The van der Waals surface area contributed by atoms with Crippen LogP contribution in [0.5, 0.6) is 0 Å². The Morgan fingerprint density at radius 1 is 1.17 bits per heavy atom. The predicted molar refractivity (Wildman–Crippen MR) is 71.7 cm³/mol. The molecule has 0 aliphatic heterocycles. The Balaban J connectivity index is 0.000000771. The lowest BCUT2D eigenvalue weighted by Crippen LogP contribution is -2.19. The number of carbonyl (C=O) groups is 1. The highest BCUT2D eigenvalue weighted by molar-refractivity contribution is 5.98. The van der Waals surface area contributed by atoms with Crippen LogP contribution in [-0.4, -0.2) is 11.0 Å². The molecule has 1 heterocycles. The van der Waals surface area contributed by atoms with Crippen molar-refractivity contribution < 1.29 is 9.21 Å². The maximum absolute atomic E-state index is 11.5. The van der Waals surface area contributed by atoms with Crippen LogP contribution in [0.3, 0.4) is 0 Å². The van der Waals surface area contributed by atoms with Gasteiger partial charge in [-0.2, -0.15) is 4.98 Å². The number of oxazole rings is 1. The zero-order valence-electron chi connectivity index (χ0n) is 10.7. The topological polar surface area (TPSA) is 67.2 Å². The van der Waals surface area contributed by atoms with Crippen LogP contribution >= 0.6 is 0 Å². The Morgan fingerprint density at radius 3 is 2.39 bits per heavy atom. The Bertz CT molecular complexity index is 480. The lowest BCUT2D eigenvalue weighted by Gasteiger charge is -2.03. The van der Waals surface area contributed by atoms with Gasteiger partial charge in [0.15, 0.2) is 0 Å². The number of nitrogens with zero attached hydrogens (tertiary/aromatic N) is 1. The Morgan fingerprint density at radius 2 is 1.83 bits per heavy atom. The van der Waals surface area contributed by atoms with E-state index in [4.69, 9.17) is 4.42 Å². The van der Waals surface area contributed by atoms with Crippen LogP contribution in [0.2, 0.25) is 0 Å². The van der Waals surface area contributed by atoms with Crippen LogP contribution in [0.25, 0.3) is 0 Å². The van der Waals surface area contributed by atoms with Gasteiger partial charge in [-0.1, -0.05) is 32.0 Å². The van der Waals surface area contributed by atoms with Gasteiger partial charge in [0.05, 0.1) is 5.69 Å². The zero-order chi connectivity index (χ0) is 13.4. The van der Waals surface area contributed by atoms with Gasteiger partial charge in [0, 0.05) is 5.69 Å². The summed E-state index contributed by atoms with van der Waals surface area (Å²) >= 11 is 0. The van der Waals surface area contributed by atoms with Crippen molar-refractivity contribution in [2.75, 3.05) is 10.6 Å². The molecule has 0 radical (unpaired) electrons. The molecular weight excluding hydrogens is 230 g/mol. The third-order valence-electron chi connectivity index (χ3n) is 1.87. The summed E-state index contributed by atoms with van der Waals surface area (Å²) in [6.07, 6.45) is 1.47. The summed E-state index contributed by atoms with van der Waals surface area (Å²) in [5.74, 6) is 0. The summed E-state index contributed by atoms with van der Waals surface area (Å²) in [5.41, 5.74) is 1.43. The average Bonchev–Trinajstić information content (AvgIpc) is 2.78. The van der Waals surface area contributed by atoms with Crippen LogP contribution in [-0.2, 0) is 0 Å². The van der Waals surface area contributed by atoms with Gasteiger partial charge in [-0.05, 0) is 19.1 Å². The zero-order valence-corrected chi connectivity index (χ0v) is 10.7. The summed E-state index contributed by atoms with van der Waals surface area (Å²) < 4.78 is 4.99. The van der Waals surface area contributed by atoms with Gasteiger partial charge in [0.25, 0.3) is 0 Å². The van der Waals surface area contributed by atoms with Crippen molar-refractivity contribution in [1.29, 1.82) is 0 Å². The monoisotopic (exact) mass is 247 g/mol. The fraction of sp³-hybridized carbons (Fsp3) is 0.231. The van der Waals surface area contributed by atoms with E-state index in [9.17, 15) is 4.79 Å². The predicted octanol–water partition coefficient (Wildman–Crippen LogP) is 3.65. The number of aromatic nitrogens is 1. The summed E-state index contributed by atoms with van der Waals surface area (Å²) in [4.78, 5) is 15.4. The molecule has 0 bridgehead atoms. The van der Waals surface area contributed by atoms with Crippen molar-refractivity contribution in [3.05, 3.63) is 42.3 Å². The van der Waals surface area contributed by atoms with E-state index >= 15 is 0 Å². The molecule has 96 valence electrons. The largest absolute Gasteiger partial charge is 0.432 e.